The Kier molecular flexibility index (Phi) is 8.55. The van der Waals surface area contributed by atoms with Crippen molar-refractivity contribution in [2.75, 3.05) is 13.1 Å². The molecule has 0 aliphatic carbocycles. The van der Waals surface area contributed by atoms with Gasteiger partial charge in [-0.1, -0.05) is 45.0 Å². The van der Waals surface area contributed by atoms with E-state index in [0.717, 1.165) is 5.56 Å². The highest BCUT2D eigenvalue weighted by atomic mass is 32.2. The predicted octanol–water partition coefficient (Wildman–Crippen LogP) is 3.42. The van der Waals surface area contributed by atoms with Gasteiger partial charge in [0.25, 0.3) is 15.7 Å². The van der Waals surface area contributed by atoms with Crippen molar-refractivity contribution in [2.45, 2.75) is 51.3 Å². The summed E-state index contributed by atoms with van der Waals surface area (Å²) in [6.45, 7) is 10.2. The normalized spacial score (nSPS) is 12.6. The van der Waals surface area contributed by atoms with Crippen molar-refractivity contribution in [3.05, 3.63) is 69.8 Å². The molecule has 1 unspecified atom stereocenters. The third-order valence-electron chi connectivity index (χ3n) is 5.54. The molecule has 10 heteroatoms. The van der Waals surface area contributed by atoms with Crippen LogP contribution in [0.4, 0.5) is 5.69 Å². The zero-order valence-corrected chi connectivity index (χ0v) is 20.9. The molecule has 0 aromatic heterocycles. The number of benzene rings is 2. The Morgan fingerprint density at radius 2 is 1.53 bits per heavy atom. The van der Waals surface area contributed by atoms with Gasteiger partial charge in [0.05, 0.1) is 9.82 Å². The van der Waals surface area contributed by atoms with Crippen LogP contribution in [0.3, 0.4) is 0 Å². The number of sulfonamides is 1. The molecule has 1 N–H and O–H groups in total. The minimum atomic E-state index is -4.21. The fraction of sp³-hybridized carbons (Fsp3) is 0.417. The summed E-state index contributed by atoms with van der Waals surface area (Å²) in [7, 11) is -4.21. The molecular weight excluding hydrogens is 458 g/mol. The average Bonchev–Trinajstić information content (AvgIpc) is 2.77. The van der Waals surface area contributed by atoms with E-state index in [1.807, 2.05) is 25.5 Å². The lowest BCUT2D eigenvalue weighted by atomic mass is 9.87. The van der Waals surface area contributed by atoms with E-state index in [-0.39, 0.29) is 22.4 Å². The molecular formula is C24H31N3O6S. The van der Waals surface area contributed by atoms with Gasteiger partial charge >= 0.3 is 0 Å². The lowest BCUT2D eigenvalue weighted by Crippen LogP contribution is -2.46. The van der Waals surface area contributed by atoms with E-state index in [1.165, 1.54) is 41.3 Å². The minimum Gasteiger partial charge on any atom is -0.343 e. The first kappa shape index (κ1) is 27.0. The lowest BCUT2D eigenvalue weighted by molar-refractivity contribution is -0.384. The second kappa shape index (κ2) is 10.8. The molecule has 0 fully saturated rings. The van der Waals surface area contributed by atoms with Crippen LogP contribution in [-0.2, 0) is 31.4 Å². The SMILES string of the molecule is CCN(CC)C(=O)C(Cc1ccc([N+](=O)[O-])cc1)C(=O)NS(=O)(=O)c1ccc(C(C)(C)C)cc1. The van der Waals surface area contributed by atoms with Crippen LogP contribution in [0.2, 0.25) is 0 Å². The average molecular weight is 490 g/mol. The summed E-state index contributed by atoms with van der Waals surface area (Å²) < 4.78 is 27.8. The fourth-order valence-electron chi connectivity index (χ4n) is 3.43. The number of non-ortho nitro benzene ring substituents is 1. The van der Waals surface area contributed by atoms with Crippen LogP contribution < -0.4 is 4.72 Å². The van der Waals surface area contributed by atoms with Crippen LogP contribution in [0.5, 0.6) is 0 Å². The zero-order valence-electron chi connectivity index (χ0n) is 20.1. The molecule has 9 nitrogen and oxygen atoms in total. The van der Waals surface area contributed by atoms with E-state index in [9.17, 15) is 28.1 Å². The van der Waals surface area contributed by atoms with Crippen LogP contribution >= 0.6 is 0 Å². The van der Waals surface area contributed by atoms with E-state index in [1.54, 1.807) is 26.0 Å². The van der Waals surface area contributed by atoms with Gasteiger partial charge in [-0.2, -0.15) is 0 Å². The molecule has 2 rings (SSSR count). The van der Waals surface area contributed by atoms with E-state index in [0.29, 0.717) is 18.7 Å². The molecule has 34 heavy (non-hydrogen) atoms. The summed E-state index contributed by atoms with van der Waals surface area (Å²) in [5.74, 6) is -2.78. The molecule has 1 atom stereocenters. The van der Waals surface area contributed by atoms with E-state index in [2.05, 4.69) is 0 Å². The summed E-state index contributed by atoms with van der Waals surface area (Å²) >= 11 is 0. The molecule has 0 aliphatic rings. The van der Waals surface area contributed by atoms with Gasteiger partial charge in [-0.05, 0) is 48.9 Å². The number of hydrogen-bond acceptors (Lipinski definition) is 6. The molecule has 0 saturated carbocycles. The Balaban J connectivity index is 2.32. The quantitative estimate of drug-likeness (QED) is 0.327. The fourth-order valence-corrected chi connectivity index (χ4v) is 4.45. The summed E-state index contributed by atoms with van der Waals surface area (Å²) in [4.78, 5) is 37.8. The van der Waals surface area contributed by atoms with E-state index >= 15 is 0 Å². The summed E-state index contributed by atoms with van der Waals surface area (Å²) in [6.07, 6.45) is -0.0996. The zero-order chi connectivity index (χ0) is 25.7. The van der Waals surface area contributed by atoms with Crippen LogP contribution in [0.25, 0.3) is 0 Å². The van der Waals surface area contributed by atoms with Crippen LogP contribution in [0.15, 0.2) is 53.4 Å². The number of nitrogens with zero attached hydrogens (tertiary/aromatic N) is 2. The number of nitro benzene ring substituents is 1. The van der Waals surface area contributed by atoms with Gasteiger partial charge in [-0.25, -0.2) is 13.1 Å². The van der Waals surface area contributed by atoms with Crippen molar-refractivity contribution in [2.24, 2.45) is 5.92 Å². The number of nitro groups is 1. The predicted molar refractivity (Wildman–Crippen MR) is 129 cm³/mol. The second-order valence-corrected chi connectivity index (χ2v) is 10.6. The van der Waals surface area contributed by atoms with E-state index < -0.39 is 32.7 Å². The maximum absolute atomic E-state index is 13.1. The molecule has 0 spiro atoms. The smallest absolute Gasteiger partial charge is 0.269 e. The van der Waals surface area contributed by atoms with Gasteiger partial charge in [0.15, 0.2) is 0 Å². The summed E-state index contributed by atoms with van der Waals surface area (Å²) in [5.41, 5.74) is 1.14. The third-order valence-corrected chi connectivity index (χ3v) is 6.90. The molecule has 0 aliphatic heterocycles. The maximum atomic E-state index is 13.1. The van der Waals surface area contributed by atoms with Gasteiger partial charge in [-0.3, -0.25) is 19.7 Å². The van der Waals surface area contributed by atoms with E-state index in [4.69, 9.17) is 0 Å². The Morgan fingerprint density at radius 3 is 1.97 bits per heavy atom. The minimum absolute atomic E-state index is 0.0850. The Bertz CT molecular complexity index is 1130. The Hall–Kier alpha value is -3.27. The van der Waals surface area contributed by atoms with Crippen LogP contribution in [0, 0.1) is 16.0 Å². The third kappa shape index (κ3) is 6.63. The van der Waals surface area contributed by atoms with Crippen molar-refractivity contribution in [1.29, 1.82) is 0 Å². The van der Waals surface area contributed by atoms with Gasteiger partial charge < -0.3 is 4.90 Å². The summed E-state index contributed by atoms with van der Waals surface area (Å²) in [6, 6.07) is 11.7. The maximum Gasteiger partial charge on any atom is 0.269 e. The molecule has 2 aromatic carbocycles. The number of hydrogen-bond donors (Lipinski definition) is 1. The number of amides is 2. The largest absolute Gasteiger partial charge is 0.343 e. The second-order valence-electron chi connectivity index (χ2n) is 8.93. The molecule has 184 valence electrons. The number of carbonyl (C=O) groups excluding carboxylic acids is 2. The van der Waals surface area contributed by atoms with Crippen molar-refractivity contribution in [3.8, 4) is 0 Å². The first-order valence-corrected chi connectivity index (χ1v) is 12.5. The van der Waals surface area contributed by atoms with Crippen LogP contribution in [0.1, 0.15) is 45.7 Å². The highest BCUT2D eigenvalue weighted by Gasteiger charge is 2.33. The number of carbonyl (C=O) groups is 2. The topological polar surface area (TPSA) is 127 Å². The molecule has 0 radical (unpaired) electrons. The Morgan fingerprint density at radius 1 is 1.00 bits per heavy atom. The van der Waals surface area contributed by atoms with Gasteiger partial charge in [0.2, 0.25) is 11.8 Å². The molecule has 2 amide bonds. The molecule has 0 saturated heterocycles. The highest BCUT2D eigenvalue weighted by molar-refractivity contribution is 7.90. The number of nitrogens with one attached hydrogen (secondary N) is 1. The lowest BCUT2D eigenvalue weighted by Gasteiger charge is -2.25. The van der Waals surface area contributed by atoms with Crippen molar-refractivity contribution in [1.82, 2.24) is 9.62 Å². The Labute approximate surface area is 200 Å². The monoisotopic (exact) mass is 489 g/mol. The van der Waals surface area contributed by atoms with Gasteiger partial charge in [0, 0.05) is 25.2 Å². The van der Waals surface area contributed by atoms with Crippen molar-refractivity contribution < 1.29 is 22.9 Å². The van der Waals surface area contributed by atoms with Crippen LogP contribution in [-0.4, -0.2) is 43.1 Å². The first-order chi connectivity index (χ1) is 15.8. The van der Waals surface area contributed by atoms with Crippen molar-refractivity contribution >= 4 is 27.5 Å². The summed E-state index contributed by atoms with van der Waals surface area (Å²) in [5, 5.41) is 10.9. The number of rotatable bonds is 9. The van der Waals surface area contributed by atoms with Crippen molar-refractivity contribution in [3.63, 3.8) is 0 Å². The molecule has 2 aromatic rings. The van der Waals surface area contributed by atoms with Gasteiger partial charge in [0.1, 0.15) is 5.92 Å². The molecule has 0 bridgehead atoms. The van der Waals surface area contributed by atoms with Gasteiger partial charge in [-0.15, -0.1) is 0 Å². The molecule has 0 heterocycles. The first-order valence-electron chi connectivity index (χ1n) is 11.0. The highest BCUT2D eigenvalue weighted by Crippen LogP contribution is 2.24. The standard InChI is InChI=1S/C24H31N3O6S/c1-6-26(7-2)23(29)21(16-17-8-12-19(13-9-17)27(30)31)22(28)25-34(32,33)20-14-10-18(11-15-20)24(3,4)5/h8-15,21H,6-7,16H2,1-5H3,(H,25,28).